The highest BCUT2D eigenvalue weighted by atomic mass is 31.1. The van der Waals surface area contributed by atoms with Crippen molar-refractivity contribution in [1.82, 2.24) is 0 Å². The van der Waals surface area contributed by atoms with Gasteiger partial charge in [-0.15, -0.1) is 13.8 Å². The summed E-state index contributed by atoms with van der Waals surface area (Å²) in [7, 11) is -0.702. The first-order valence-electron chi connectivity index (χ1n) is 6.60. The van der Waals surface area contributed by atoms with Crippen molar-refractivity contribution >= 4 is 24.4 Å². The summed E-state index contributed by atoms with van der Waals surface area (Å²) in [5.41, 5.74) is 1.03. The molecule has 0 aromatic heterocycles. The van der Waals surface area contributed by atoms with Crippen LogP contribution in [0.2, 0.25) is 0 Å². The molecule has 0 saturated heterocycles. The Morgan fingerprint density at radius 3 is 1.35 bits per heavy atom. The second-order valence-electron chi connectivity index (χ2n) is 4.42. The van der Waals surface area contributed by atoms with E-state index in [1.54, 1.807) is 0 Å². The van der Waals surface area contributed by atoms with Crippen LogP contribution in [-0.4, -0.2) is 0 Å². The monoisotopic (exact) mass is 276 g/mol. The Balaban J connectivity index is 1.96. The fourth-order valence-electron chi connectivity index (χ4n) is 2.01. The number of hydrogen-bond donors (Lipinski definition) is 0. The van der Waals surface area contributed by atoms with Gasteiger partial charge in [-0.1, -0.05) is 91.0 Å². The summed E-state index contributed by atoms with van der Waals surface area (Å²) >= 11 is 0. The maximum Gasteiger partial charge on any atom is -0.0368 e. The van der Waals surface area contributed by atoms with Crippen LogP contribution in [0.4, 0.5) is 5.69 Å². The van der Waals surface area contributed by atoms with Gasteiger partial charge in [0.25, 0.3) is 0 Å². The molecule has 3 aromatic rings. The summed E-state index contributed by atoms with van der Waals surface area (Å²) < 4.78 is 0. The van der Waals surface area contributed by atoms with Gasteiger partial charge in [0.05, 0.1) is 0 Å². The second kappa shape index (κ2) is 6.36. The number of rotatable bonds is 4. The summed E-state index contributed by atoms with van der Waals surface area (Å²) in [5, 5.41) is 7.51. The van der Waals surface area contributed by atoms with Crippen LogP contribution in [0.1, 0.15) is 0 Å². The second-order valence-corrected chi connectivity index (χ2v) is 6.27. The van der Waals surface area contributed by atoms with E-state index in [0.717, 1.165) is 5.69 Å². The smallest absolute Gasteiger partial charge is 0.0368 e. The van der Waals surface area contributed by atoms with Crippen molar-refractivity contribution in [2.45, 2.75) is 0 Å². The predicted molar refractivity (Wildman–Crippen MR) is 88.5 cm³/mol. The van der Waals surface area contributed by atoms with E-state index < -0.39 is 8.07 Å². The molecule has 0 saturated carbocycles. The maximum absolute atomic E-state index is 4.96. The van der Waals surface area contributed by atoms with Crippen molar-refractivity contribution in [3.8, 4) is 0 Å². The zero-order valence-corrected chi connectivity index (χ0v) is 11.9. The molecule has 0 aliphatic rings. The molecule has 3 aromatic carbocycles. The summed E-state index contributed by atoms with van der Waals surface area (Å²) in [6, 6.07) is 31.2. The first-order valence-corrected chi connectivity index (χ1v) is 7.90. The van der Waals surface area contributed by atoms with Gasteiger partial charge in [0.15, 0.2) is 0 Å². The minimum absolute atomic E-state index is 0.702. The Morgan fingerprint density at radius 1 is 0.500 bits per heavy atom. The molecule has 0 aliphatic heterocycles. The average molecular weight is 276 g/mol. The third-order valence-electron chi connectivity index (χ3n) is 2.97. The summed E-state index contributed by atoms with van der Waals surface area (Å²) in [4.78, 5) is 0. The number of benzene rings is 3. The molecule has 0 N–H and O–H groups in total. The summed E-state index contributed by atoms with van der Waals surface area (Å²) in [6.07, 6.45) is 0. The molecule has 0 radical (unpaired) electrons. The van der Waals surface area contributed by atoms with Crippen LogP contribution in [0, 0.1) is 0 Å². The van der Waals surface area contributed by atoms with Gasteiger partial charge in [-0.3, -0.25) is 0 Å². The lowest BCUT2D eigenvalue weighted by Gasteiger charge is -2.35. The minimum Gasteiger partial charge on any atom is -0.653 e. The molecule has 0 spiro atoms. The van der Waals surface area contributed by atoms with Crippen molar-refractivity contribution in [2.24, 2.45) is 0 Å². The SMILES string of the molecule is c1ccc([N-]P(c2ccccc2)c2ccccc2)cc1. The zero-order valence-electron chi connectivity index (χ0n) is 11.1. The van der Waals surface area contributed by atoms with E-state index in [2.05, 4.69) is 60.7 Å². The molecule has 0 atom stereocenters. The van der Waals surface area contributed by atoms with Gasteiger partial charge < -0.3 is 5.09 Å². The molecule has 1 nitrogen and oxygen atoms in total. The van der Waals surface area contributed by atoms with Crippen LogP contribution in [-0.2, 0) is 0 Å². The van der Waals surface area contributed by atoms with E-state index in [-0.39, 0.29) is 0 Å². The number of hydrogen-bond acceptors (Lipinski definition) is 0. The van der Waals surface area contributed by atoms with Gasteiger partial charge in [0.2, 0.25) is 0 Å². The van der Waals surface area contributed by atoms with Gasteiger partial charge in [-0.05, 0) is 10.6 Å². The van der Waals surface area contributed by atoms with Gasteiger partial charge in [-0.2, -0.15) is 0 Å². The summed E-state index contributed by atoms with van der Waals surface area (Å²) in [6.45, 7) is 0. The Bertz CT molecular complexity index is 599. The lowest BCUT2D eigenvalue weighted by Crippen LogP contribution is -2.09. The zero-order chi connectivity index (χ0) is 13.6. The van der Waals surface area contributed by atoms with Crippen LogP contribution in [0.5, 0.6) is 0 Å². The summed E-state index contributed by atoms with van der Waals surface area (Å²) in [5.74, 6) is 0. The molecule has 0 aliphatic carbocycles. The third kappa shape index (κ3) is 3.07. The fraction of sp³-hybridized carbons (Fsp3) is 0. The first-order chi connectivity index (χ1) is 9.93. The Labute approximate surface area is 121 Å². The van der Waals surface area contributed by atoms with Gasteiger partial charge in [0, 0.05) is 0 Å². The molecule has 0 unspecified atom stereocenters. The van der Waals surface area contributed by atoms with E-state index in [4.69, 9.17) is 5.09 Å². The largest absolute Gasteiger partial charge is 0.653 e. The molecule has 0 amide bonds. The van der Waals surface area contributed by atoms with E-state index in [1.165, 1.54) is 10.6 Å². The van der Waals surface area contributed by atoms with Crippen LogP contribution < -0.4 is 10.6 Å². The molecular weight excluding hydrogens is 261 g/mol. The van der Waals surface area contributed by atoms with Crippen LogP contribution in [0.25, 0.3) is 5.09 Å². The molecule has 0 heterocycles. The van der Waals surface area contributed by atoms with Crippen LogP contribution in [0.3, 0.4) is 0 Å². The van der Waals surface area contributed by atoms with E-state index in [9.17, 15) is 0 Å². The highest BCUT2D eigenvalue weighted by Gasteiger charge is 2.03. The van der Waals surface area contributed by atoms with Gasteiger partial charge in [-0.25, -0.2) is 0 Å². The highest BCUT2D eigenvalue weighted by molar-refractivity contribution is 7.75. The van der Waals surface area contributed by atoms with Crippen LogP contribution >= 0.6 is 8.07 Å². The Hall–Kier alpha value is -2.11. The molecule has 98 valence electrons. The van der Waals surface area contributed by atoms with E-state index in [1.807, 2.05) is 30.3 Å². The van der Waals surface area contributed by atoms with Crippen molar-refractivity contribution in [3.63, 3.8) is 0 Å². The minimum atomic E-state index is -0.702. The molecular formula is C18H15NP-. The Morgan fingerprint density at radius 2 is 0.900 bits per heavy atom. The van der Waals surface area contributed by atoms with Gasteiger partial charge >= 0.3 is 0 Å². The fourth-order valence-corrected chi connectivity index (χ4v) is 3.82. The molecule has 20 heavy (non-hydrogen) atoms. The Kier molecular flexibility index (Phi) is 4.10. The molecule has 0 bridgehead atoms. The predicted octanol–water partition coefficient (Wildman–Crippen LogP) is 4.74. The van der Waals surface area contributed by atoms with E-state index >= 15 is 0 Å². The van der Waals surface area contributed by atoms with Crippen molar-refractivity contribution < 1.29 is 0 Å². The normalized spacial score (nSPS) is 10.4. The van der Waals surface area contributed by atoms with Crippen molar-refractivity contribution in [3.05, 3.63) is 96.1 Å². The standard InChI is InChI=1S/C18H15NP/c1-4-10-16(11-5-1)19-20(17-12-6-2-7-13-17)18-14-8-3-9-15-18/h1-15H/q-1. The average Bonchev–Trinajstić information content (AvgIpc) is 2.55. The third-order valence-corrected chi connectivity index (χ3v) is 4.98. The van der Waals surface area contributed by atoms with Crippen molar-refractivity contribution in [1.29, 1.82) is 0 Å². The quantitative estimate of drug-likeness (QED) is 0.611. The highest BCUT2D eigenvalue weighted by Crippen LogP contribution is 2.46. The van der Waals surface area contributed by atoms with E-state index in [0.29, 0.717) is 0 Å². The van der Waals surface area contributed by atoms with Crippen LogP contribution in [0.15, 0.2) is 91.0 Å². The van der Waals surface area contributed by atoms with Gasteiger partial charge in [0.1, 0.15) is 0 Å². The maximum atomic E-state index is 4.96. The lowest BCUT2D eigenvalue weighted by molar-refractivity contribution is 1.71. The molecule has 2 heteroatoms. The molecule has 0 fully saturated rings. The topological polar surface area (TPSA) is 14.1 Å². The molecule has 3 rings (SSSR count). The lowest BCUT2D eigenvalue weighted by atomic mass is 10.3. The number of nitrogens with zero attached hydrogens (tertiary/aromatic N) is 1. The van der Waals surface area contributed by atoms with Crippen molar-refractivity contribution in [2.75, 3.05) is 0 Å². The first kappa shape index (κ1) is 12.9.